The molecule has 0 saturated carbocycles. The number of rotatable bonds is 7. The van der Waals surface area contributed by atoms with Gasteiger partial charge in [-0.3, -0.25) is 9.48 Å². The van der Waals surface area contributed by atoms with E-state index in [2.05, 4.69) is 10.4 Å². The quantitative estimate of drug-likeness (QED) is 0.654. The molecule has 2 heterocycles. The van der Waals surface area contributed by atoms with Crippen LogP contribution in [0, 0.1) is 13.8 Å². The molecule has 0 aliphatic rings. The number of aryl methyl sites for hydroxylation is 2. The van der Waals surface area contributed by atoms with Gasteiger partial charge in [0.15, 0.2) is 5.76 Å². The number of carbonyl (C=O) groups excluding carboxylic acids is 1. The van der Waals surface area contributed by atoms with Gasteiger partial charge in [-0.25, -0.2) is 4.79 Å². The van der Waals surface area contributed by atoms with Crippen molar-refractivity contribution < 1.29 is 19.1 Å². The molecule has 0 aliphatic carbocycles. The summed E-state index contributed by atoms with van der Waals surface area (Å²) in [6.45, 7) is 6.59. The van der Waals surface area contributed by atoms with Gasteiger partial charge in [0.2, 0.25) is 0 Å². The van der Waals surface area contributed by atoms with Crippen molar-refractivity contribution in [2.24, 2.45) is 0 Å². The number of furan rings is 1. The molecular weight excluding hydrogens is 358 g/mol. The zero-order chi connectivity index (χ0) is 20.3. The van der Waals surface area contributed by atoms with E-state index in [1.807, 2.05) is 48.9 Å². The predicted octanol–water partition coefficient (Wildman–Crippen LogP) is 3.33. The van der Waals surface area contributed by atoms with Crippen LogP contribution in [0.1, 0.15) is 56.1 Å². The van der Waals surface area contributed by atoms with E-state index in [1.54, 1.807) is 6.92 Å². The summed E-state index contributed by atoms with van der Waals surface area (Å²) in [5.41, 5.74) is 3.92. The van der Waals surface area contributed by atoms with Crippen LogP contribution >= 0.6 is 0 Å². The van der Waals surface area contributed by atoms with Crippen LogP contribution in [0.15, 0.2) is 40.8 Å². The molecule has 0 spiro atoms. The number of nitrogens with one attached hydrogen (secondary N) is 1. The highest BCUT2D eigenvalue weighted by molar-refractivity contribution is 5.96. The SMILES string of the molecule is CCc1oc(C(=O)NCc2c(C)nn(Cc3ccccc3)c2C)cc1C(=O)O. The third-order valence-electron chi connectivity index (χ3n) is 4.72. The minimum atomic E-state index is -1.10. The number of carbonyl (C=O) groups is 2. The number of nitrogens with zero attached hydrogens (tertiary/aromatic N) is 2. The summed E-state index contributed by atoms with van der Waals surface area (Å²) in [6.07, 6.45) is 0.402. The molecule has 7 heteroatoms. The number of hydrogen-bond donors (Lipinski definition) is 2. The molecule has 7 nitrogen and oxygen atoms in total. The maximum Gasteiger partial charge on any atom is 0.339 e. The Morgan fingerprint density at radius 2 is 1.93 bits per heavy atom. The van der Waals surface area contributed by atoms with E-state index in [0.717, 1.165) is 22.5 Å². The summed E-state index contributed by atoms with van der Waals surface area (Å²) in [4.78, 5) is 23.7. The van der Waals surface area contributed by atoms with E-state index in [-0.39, 0.29) is 17.9 Å². The fraction of sp³-hybridized carbons (Fsp3) is 0.286. The number of amides is 1. The molecular formula is C21H23N3O4. The van der Waals surface area contributed by atoms with Gasteiger partial charge in [-0.05, 0) is 19.4 Å². The Morgan fingerprint density at radius 1 is 1.21 bits per heavy atom. The van der Waals surface area contributed by atoms with Crippen LogP contribution in [0.25, 0.3) is 0 Å². The van der Waals surface area contributed by atoms with E-state index in [1.165, 1.54) is 6.07 Å². The molecule has 0 unspecified atom stereocenters. The van der Waals surface area contributed by atoms with E-state index in [0.29, 0.717) is 18.7 Å². The number of carboxylic acid groups (broad SMARTS) is 1. The van der Waals surface area contributed by atoms with Crippen LogP contribution in [-0.2, 0) is 19.5 Å². The normalized spacial score (nSPS) is 10.8. The maximum atomic E-state index is 12.4. The average Bonchev–Trinajstić information content (AvgIpc) is 3.23. The summed E-state index contributed by atoms with van der Waals surface area (Å²) in [6, 6.07) is 11.3. The van der Waals surface area contributed by atoms with Gasteiger partial charge in [0.25, 0.3) is 5.91 Å². The second-order valence-electron chi connectivity index (χ2n) is 6.58. The Bertz CT molecular complexity index is 1000. The van der Waals surface area contributed by atoms with E-state index in [9.17, 15) is 14.7 Å². The van der Waals surface area contributed by atoms with Crippen LogP contribution in [0.2, 0.25) is 0 Å². The second kappa shape index (κ2) is 8.12. The van der Waals surface area contributed by atoms with Crippen LogP contribution in [0.5, 0.6) is 0 Å². The fourth-order valence-corrected chi connectivity index (χ4v) is 3.14. The first-order valence-electron chi connectivity index (χ1n) is 9.11. The Hall–Kier alpha value is -3.35. The van der Waals surface area contributed by atoms with Crippen molar-refractivity contribution in [2.45, 2.75) is 40.3 Å². The van der Waals surface area contributed by atoms with Gasteiger partial charge in [0, 0.05) is 30.3 Å². The molecule has 28 heavy (non-hydrogen) atoms. The van der Waals surface area contributed by atoms with Crippen molar-refractivity contribution in [2.75, 3.05) is 0 Å². The Morgan fingerprint density at radius 3 is 2.54 bits per heavy atom. The lowest BCUT2D eigenvalue weighted by Crippen LogP contribution is -2.23. The summed E-state index contributed by atoms with van der Waals surface area (Å²) in [7, 11) is 0. The minimum absolute atomic E-state index is 0.00114. The highest BCUT2D eigenvalue weighted by Crippen LogP contribution is 2.18. The standard InChI is InChI=1S/C21H23N3O4/c1-4-18-16(21(26)27)10-19(28-18)20(25)22-11-17-13(2)23-24(14(17)3)12-15-8-6-5-7-9-15/h5-10H,4,11-12H2,1-3H3,(H,22,25)(H,26,27). The lowest BCUT2D eigenvalue weighted by atomic mass is 10.2. The number of hydrogen-bond acceptors (Lipinski definition) is 4. The van der Waals surface area contributed by atoms with E-state index >= 15 is 0 Å². The van der Waals surface area contributed by atoms with Gasteiger partial charge in [0.05, 0.1) is 12.2 Å². The molecule has 2 aromatic heterocycles. The molecule has 0 radical (unpaired) electrons. The van der Waals surface area contributed by atoms with Gasteiger partial charge >= 0.3 is 5.97 Å². The number of carboxylic acids is 1. The number of aromatic carboxylic acids is 1. The molecule has 0 atom stereocenters. The first-order chi connectivity index (χ1) is 13.4. The number of aromatic nitrogens is 2. The van der Waals surface area contributed by atoms with Gasteiger partial charge < -0.3 is 14.8 Å². The third-order valence-corrected chi connectivity index (χ3v) is 4.72. The zero-order valence-electron chi connectivity index (χ0n) is 16.2. The fourth-order valence-electron chi connectivity index (χ4n) is 3.14. The van der Waals surface area contributed by atoms with Crippen LogP contribution in [0.4, 0.5) is 0 Å². The molecule has 0 saturated heterocycles. The maximum absolute atomic E-state index is 12.4. The van der Waals surface area contributed by atoms with Gasteiger partial charge in [-0.1, -0.05) is 37.3 Å². The first kappa shape index (κ1) is 19.4. The molecule has 1 amide bonds. The highest BCUT2D eigenvalue weighted by atomic mass is 16.4. The topological polar surface area (TPSA) is 97.4 Å². The molecule has 1 aromatic carbocycles. The van der Waals surface area contributed by atoms with Crippen molar-refractivity contribution >= 4 is 11.9 Å². The van der Waals surface area contributed by atoms with Crippen molar-refractivity contribution in [3.05, 3.63) is 76.0 Å². The second-order valence-corrected chi connectivity index (χ2v) is 6.58. The Kier molecular flexibility index (Phi) is 5.63. The Balaban J connectivity index is 1.72. The third kappa shape index (κ3) is 3.98. The number of benzene rings is 1. The summed E-state index contributed by atoms with van der Waals surface area (Å²) >= 11 is 0. The monoisotopic (exact) mass is 381 g/mol. The molecule has 0 fully saturated rings. The zero-order valence-corrected chi connectivity index (χ0v) is 16.2. The summed E-state index contributed by atoms with van der Waals surface area (Å²) in [5, 5.41) is 16.6. The van der Waals surface area contributed by atoms with E-state index < -0.39 is 11.9 Å². The Labute approximate surface area is 163 Å². The van der Waals surface area contributed by atoms with Crippen molar-refractivity contribution in [3.63, 3.8) is 0 Å². The van der Waals surface area contributed by atoms with Crippen molar-refractivity contribution in [3.8, 4) is 0 Å². The van der Waals surface area contributed by atoms with Gasteiger partial charge in [0.1, 0.15) is 11.3 Å². The molecule has 3 rings (SSSR count). The molecule has 3 aromatic rings. The summed E-state index contributed by atoms with van der Waals surface area (Å²) in [5.74, 6) is -1.26. The van der Waals surface area contributed by atoms with Crippen LogP contribution in [0.3, 0.4) is 0 Å². The minimum Gasteiger partial charge on any atom is -0.478 e. The van der Waals surface area contributed by atoms with E-state index in [4.69, 9.17) is 4.42 Å². The molecule has 146 valence electrons. The van der Waals surface area contributed by atoms with Crippen molar-refractivity contribution in [1.82, 2.24) is 15.1 Å². The summed E-state index contributed by atoms with van der Waals surface area (Å²) < 4.78 is 7.32. The lowest BCUT2D eigenvalue weighted by Gasteiger charge is -2.06. The first-order valence-corrected chi connectivity index (χ1v) is 9.11. The molecule has 2 N–H and O–H groups in total. The van der Waals surface area contributed by atoms with Crippen LogP contribution < -0.4 is 5.32 Å². The average molecular weight is 381 g/mol. The molecule has 0 bridgehead atoms. The van der Waals surface area contributed by atoms with Crippen molar-refractivity contribution in [1.29, 1.82) is 0 Å². The smallest absolute Gasteiger partial charge is 0.339 e. The van der Waals surface area contributed by atoms with Crippen LogP contribution in [-0.4, -0.2) is 26.8 Å². The van der Waals surface area contributed by atoms with Gasteiger partial charge in [-0.15, -0.1) is 0 Å². The highest BCUT2D eigenvalue weighted by Gasteiger charge is 2.20. The lowest BCUT2D eigenvalue weighted by molar-refractivity contribution is 0.0694. The predicted molar refractivity (Wildman–Crippen MR) is 103 cm³/mol. The largest absolute Gasteiger partial charge is 0.478 e. The van der Waals surface area contributed by atoms with Gasteiger partial charge in [-0.2, -0.15) is 5.10 Å². The molecule has 0 aliphatic heterocycles.